The third-order valence-electron chi connectivity index (χ3n) is 12.5. The van der Waals surface area contributed by atoms with Crippen molar-refractivity contribution in [2.24, 2.45) is 34.5 Å². The van der Waals surface area contributed by atoms with Gasteiger partial charge in [-0.2, -0.15) is 5.06 Å². The van der Waals surface area contributed by atoms with Gasteiger partial charge in [0.15, 0.2) is 5.60 Å². The average Bonchev–Trinajstić information content (AvgIpc) is 3.39. The van der Waals surface area contributed by atoms with E-state index in [-0.39, 0.29) is 17.9 Å². The van der Waals surface area contributed by atoms with E-state index in [4.69, 9.17) is 28.5 Å². The van der Waals surface area contributed by atoms with Crippen LogP contribution in [0.1, 0.15) is 36.5 Å². The smallest absolute Gasteiger partial charge is 0.338 e. The van der Waals surface area contributed by atoms with Gasteiger partial charge in [-0.25, -0.2) is 4.79 Å². The molecule has 6 fully saturated rings. The van der Waals surface area contributed by atoms with Crippen molar-refractivity contribution in [3.63, 3.8) is 0 Å². The molecule has 6 aliphatic rings. The molecule has 12 nitrogen and oxygen atoms in total. The van der Waals surface area contributed by atoms with Gasteiger partial charge in [-0.3, -0.25) is 4.79 Å². The molecular weight excluding hydrogens is 574 g/mol. The fourth-order valence-corrected chi connectivity index (χ4v) is 11.7. The zero-order valence-electron chi connectivity index (χ0n) is 25.8. The Morgan fingerprint density at radius 2 is 1.75 bits per heavy atom. The largest absolute Gasteiger partial charge is 0.455 e. The molecule has 5 saturated carbocycles. The van der Waals surface area contributed by atoms with E-state index in [1.54, 1.807) is 51.7 Å². The van der Waals surface area contributed by atoms with E-state index in [1.165, 1.54) is 14.0 Å². The van der Waals surface area contributed by atoms with Gasteiger partial charge in [0.25, 0.3) is 0 Å². The molecule has 1 saturated heterocycles. The Bertz CT molecular complexity index is 1310. The second-order valence-electron chi connectivity index (χ2n) is 13.8. The van der Waals surface area contributed by atoms with Crippen LogP contribution in [0.3, 0.4) is 0 Å². The van der Waals surface area contributed by atoms with Gasteiger partial charge in [-0.1, -0.05) is 18.2 Å². The Hall–Kier alpha value is -2.16. The Labute approximate surface area is 256 Å². The van der Waals surface area contributed by atoms with Gasteiger partial charge in [0.05, 0.1) is 37.5 Å². The highest BCUT2D eigenvalue weighted by molar-refractivity contribution is 5.89. The van der Waals surface area contributed by atoms with Crippen molar-refractivity contribution in [3.05, 3.63) is 35.9 Å². The highest BCUT2D eigenvalue weighted by Gasteiger charge is 2.91. The number of methoxy groups -OCH3 is 3. The van der Waals surface area contributed by atoms with Crippen LogP contribution in [-0.2, 0) is 33.3 Å². The van der Waals surface area contributed by atoms with Crippen LogP contribution >= 0.6 is 0 Å². The summed E-state index contributed by atoms with van der Waals surface area (Å²) < 4.78 is 30.7. The number of nitrogens with zero attached hydrogens (tertiary/aromatic N) is 1. The molecule has 1 aromatic carbocycles. The Balaban J connectivity index is 1.51. The van der Waals surface area contributed by atoms with Gasteiger partial charge < -0.3 is 43.8 Å². The minimum atomic E-state index is -1.85. The number of esters is 2. The first kappa shape index (κ1) is 30.5. The molecule has 14 atom stereocenters. The SMILES string of the molecule is COC[C@@]12CCC(O)[C@@]34[C@@H]5C[C@@]6(O)C(OC)C(O)[C@@](OC(C)=O)([C@H]5C6OC(=O)c5ccccc5)[C@@H](C(OC)[C@H]13)[C@H]4N(OC)C2. The lowest BCUT2D eigenvalue weighted by Crippen LogP contribution is -2.80. The summed E-state index contributed by atoms with van der Waals surface area (Å²) in [6.07, 6.45) is -4.37. The van der Waals surface area contributed by atoms with Gasteiger partial charge in [-0.15, -0.1) is 0 Å². The third kappa shape index (κ3) is 3.41. The van der Waals surface area contributed by atoms with Crippen LogP contribution in [0.25, 0.3) is 0 Å². The molecule has 5 unspecified atom stereocenters. The number of aliphatic hydroxyl groups excluding tert-OH is 2. The number of aliphatic hydroxyl groups is 3. The van der Waals surface area contributed by atoms with E-state index >= 15 is 0 Å². The minimum absolute atomic E-state index is 0.0246. The summed E-state index contributed by atoms with van der Waals surface area (Å²) in [5, 5.41) is 39.1. The maximum Gasteiger partial charge on any atom is 0.338 e. The molecule has 0 amide bonds. The van der Waals surface area contributed by atoms with Gasteiger partial charge in [0.1, 0.15) is 23.9 Å². The number of benzene rings is 1. The van der Waals surface area contributed by atoms with Crippen LogP contribution in [0.4, 0.5) is 0 Å². The maximum atomic E-state index is 13.6. The highest BCUT2D eigenvalue weighted by Crippen LogP contribution is 2.80. The van der Waals surface area contributed by atoms with E-state index in [9.17, 15) is 24.9 Å². The van der Waals surface area contributed by atoms with Crippen molar-refractivity contribution >= 4 is 11.9 Å². The van der Waals surface area contributed by atoms with Crippen molar-refractivity contribution in [3.8, 4) is 0 Å². The first-order valence-corrected chi connectivity index (χ1v) is 15.4. The molecule has 7 bridgehead atoms. The van der Waals surface area contributed by atoms with E-state index in [1.807, 2.05) is 5.06 Å². The summed E-state index contributed by atoms with van der Waals surface area (Å²) in [5.74, 6) is -3.84. The molecule has 1 heterocycles. The Morgan fingerprint density at radius 1 is 1.02 bits per heavy atom. The summed E-state index contributed by atoms with van der Waals surface area (Å²) in [5.41, 5.74) is -4.76. The number of hydrogen-bond donors (Lipinski definition) is 3. The van der Waals surface area contributed by atoms with Crippen LogP contribution in [0.2, 0.25) is 0 Å². The summed E-state index contributed by atoms with van der Waals surface area (Å²) >= 11 is 0. The van der Waals surface area contributed by atoms with Crippen molar-refractivity contribution in [1.82, 2.24) is 5.06 Å². The Morgan fingerprint density at radius 3 is 2.36 bits per heavy atom. The molecule has 242 valence electrons. The number of carbonyl (C=O) groups is 2. The second-order valence-corrected chi connectivity index (χ2v) is 13.8. The van der Waals surface area contributed by atoms with Crippen molar-refractivity contribution in [1.29, 1.82) is 0 Å². The van der Waals surface area contributed by atoms with Crippen molar-refractivity contribution in [2.45, 2.75) is 73.9 Å². The fraction of sp³-hybridized carbons (Fsp3) is 0.750. The summed E-state index contributed by atoms with van der Waals surface area (Å²) in [7, 11) is 6.19. The van der Waals surface area contributed by atoms with Gasteiger partial charge in [0.2, 0.25) is 0 Å². The Kier molecular flexibility index (Phi) is 7.05. The van der Waals surface area contributed by atoms with Crippen LogP contribution < -0.4 is 0 Å². The minimum Gasteiger partial charge on any atom is -0.455 e. The first-order chi connectivity index (χ1) is 21.0. The van der Waals surface area contributed by atoms with Crippen molar-refractivity contribution < 1.29 is 53.4 Å². The van der Waals surface area contributed by atoms with E-state index in [0.29, 0.717) is 26.0 Å². The van der Waals surface area contributed by atoms with Crippen LogP contribution in [0, 0.1) is 34.5 Å². The number of ether oxygens (including phenoxy) is 5. The monoisotopic (exact) mass is 617 g/mol. The molecule has 0 radical (unpaired) electrons. The molecule has 1 aliphatic heterocycles. The maximum absolute atomic E-state index is 13.6. The van der Waals surface area contributed by atoms with E-state index in [0.717, 1.165) is 0 Å². The zero-order valence-corrected chi connectivity index (χ0v) is 25.8. The molecular formula is C32H43NO11. The molecule has 44 heavy (non-hydrogen) atoms. The van der Waals surface area contributed by atoms with Gasteiger partial charge in [-0.05, 0) is 37.3 Å². The lowest BCUT2D eigenvalue weighted by molar-refractivity contribution is -0.348. The zero-order chi connectivity index (χ0) is 31.4. The summed E-state index contributed by atoms with van der Waals surface area (Å²) in [6.45, 7) is 2.12. The molecule has 0 aromatic heterocycles. The predicted octanol–water partition coefficient (Wildman–Crippen LogP) is 0.565. The van der Waals surface area contributed by atoms with Crippen LogP contribution in [0.5, 0.6) is 0 Å². The van der Waals surface area contributed by atoms with E-state index in [2.05, 4.69) is 0 Å². The fourth-order valence-electron chi connectivity index (χ4n) is 11.7. The molecule has 12 heteroatoms. The highest BCUT2D eigenvalue weighted by atomic mass is 16.7. The third-order valence-corrected chi connectivity index (χ3v) is 12.5. The topological polar surface area (TPSA) is 153 Å². The van der Waals surface area contributed by atoms with Crippen molar-refractivity contribution in [2.75, 3.05) is 41.6 Å². The average molecular weight is 618 g/mol. The number of hydroxylamine groups is 2. The summed E-state index contributed by atoms with van der Waals surface area (Å²) in [4.78, 5) is 32.8. The quantitative estimate of drug-likeness (QED) is 0.350. The lowest BCUT2D eigenvalue weighted by atomic mass is 9.43. The predicted molar refractivity (Wildman–Crippen MR) is 151 cm³/mol. The van der Waals surface area contributed by atoms with E-state index < -0.39 is 88.3 Å². The molecule has 7 rings (SSSR count). The lowest BCUT2D eigenvalue weighted by Gasteiger charge is -2.68. The first-order valence-electron chi connectivity index (χ1n) is 15.4. The summed E-state index contributed by atoms with van der Waals surface area (Å²) in [6, 6.07) is 7.89. The van der Waals surface area contributed by atoms with Gasteiger partial charge in [0, 0.05) is 63.4 Å². The molecule has 1 aromatic rings. The molecule has 3 N–H and O–H groups in total. The number of carbonyl (C=O) groups excluding carboxylic acids is 2. The normalized spacial score (nSPS) is 49.9. The number of hydrogen-bond acceptors (Lipinski definition) is 12. The van der Waals surface area contributed by atoms with Gasteiger partial charge >= 0.3 is 11.9 Å². The number of fused-ring (bicyclic) bond motifs is 2. The van der Waals surface area contributed by atoms with Crippen LogP contribution in [0.15, 0.2) is 30.3 Å². The number of rotatable bonds is 8. The standard InChI is InChI=1S/C32H43NO11/c1-16(34)44-32-20-18(13-30(38,27(41-4)25(32)36)26(20)43-28(37)17-9-7-6-8-10-17)31-19(35)11-12-29(15-39-2)14-33(42-5)24(31)21(32)22(40-3)23(29)31/h6-10,18-27,35-36,38H,11-15H2,1-5H3/t18-,19?,20-,21+,22?,23-,24-,25?,26?,27?,29+,30+,31+,32-/m1/s1. The molecule has 1 spiro atoms. The van der Waals surface area contributed by atoms with Crippen LogP contribution in [-0.4, -0.2) is 122 Å². The number of piperidine rings is 1. The molecule has 5 aliphatic carbocycles. The second kappa shape index (κ2) is 10.2.